The number of para-hydroxylation sites is 1. The minimum absolute atomic E-state index is 0.0767. The zero-order valence-electron chi connectivity index (χ0n) is 15.1. The van der Waals surface area contributed by atoms with Crippen LogP contribution in [0.2, 0.25) is 0 Å². The SMILES string of the molecule is CCOC(=O)/C=C1\SCC(=O)N1CC[NH+]1CCN(c2ccccc2)CC1. The molecule has 2 aliphatic heterocycles. The second-order valence-electron chi connectivity index (χ2n) is 6.39. The molecule has 7 heteroatoms. The maximum atomic E-state index is 12.1. The molecule has 1 aromatic carbocycles. The molecule has 1 N–H and O–H groups in total. The molecule has 1 amide bonds. The van der Waals surface area contributed by atoms with Crippen molar-refractivity contribution in [2.24, 2.45) is 0 Å². The number of hydrogen-bond donors (Lipinski definition) is 1. The summed E-state index contributed by atoms with van der Waals surface area (Å²) in [4.78, 5) is 29.4. The summed E-state index contributed by atoms with van der Waals surface area (Å²) in [5.41, 5.74) is 1.28. The average molecular weight is 377 g/mol. The Balaban J connectivity index is 1.49. The normalized spacial score (nSPS) is 20.0. The highest BCUT2D eigenvalue weighted by Gasteiger charge is 2.29. The Bertz CT molecular complexity index is 657. The van der Waals surface area contributed by atoms with Crippen LogP contribution in [0, 0.1) is 0 Å². The number of ether oxygens (including phenoxy) is 1. The zero-order chi connectivity index (χ0) is 18.4. The molecule has 26 heavy (non-hydrogen) atoms. The molecule has 0 radical (unpaired) electrons. The number of thioether (sulfide) groups is 1. The molecule has 2 aliphatic rings. The third kappa shape index (κ3) is 4.80. The minimum atomic E-state index is -0.376. The van der Waals surface area contributed by atoms with E-state index in [9.17, 15) is 9.59 Å². The third-order valence-electron chi connectivity index (χ3n) is 4.72. The predicted molar refractivity (Wildman–Crippen MR) is 103 cm³/mol. The maximum Gasteiger partial charge on any atom is 0.333 e. The second-order valence-corrected chi connectivity index (χ2v) is 7.39. The number of hydrogen-bond acceptors (Lipinski definition) is 5. The van der Waals surface area contributed by atoms with E-state index in [1.807, 2.05) is 6.07 Å². The summed E-state index contributed by atoms with van der Waals surface area (Å²) in [6.07, 6.45) is 1.45. The lowest BCUT2D eigenvalue weighted by Crippen LogP contribution is -3.15. The van der Waals surface area contributed by atoms with Gasteiger partial charge in [0.15, 0.2) is 0 Å². The number of carbonyl (C=O) groups is 2. The molecule has 0 atom stereocenters. The first kappa shape index (κ1) is 18.8. The van der Waals surface area contributed by atoms with Crippen molar-refractivity contribution in [2.45, 2.75) is 6.92 Å². The van der Waals surface area contributed by atoms with Crippen molar-refractivity contribution < 1.29 is 19.2 Å². The molecular weight excluding hydrogens is 350 g/mol. The van der Waals surface area contributed by atoms with Crippen LogP contribution in [0.15, 0.2) is 41.4 Å². The van der Waals surface area contributed by atoms with Crippen molar-refractivity contribution in [1.82, 2.24) is 4.90 Å². The fraction of sp³-hybridized carbons (Fsp3) is 0.474. The highest BCUT2D eigenvalue weighted by Crippen LogP contribution is 2.28. The summed E-state index contributed by atoms with van der Waals surface area (Å²) in [5, 5.41) is 0.718. The van der Waals surface area contributed by atoms with Crippen LogP contribution >= 0.6 is 11.8 Å². The van der Waals surface area contributed by atoms with E-state index in [2.05, 4.69) is 29.2 Å². The minimum Gasteiger partial charge on any atom is -0.463 e. The number of amides is 1. The predicted octanol–water partition coefficient (Wildman–Crippen LogP) is 0.371. The van der Waals surface area contributed by atoms with Crippen LogP contribution in [-0.4, -0.2) is 68.4 Å². The molecule has 0 aromatic heterocycles. The number of nitrogens with one attached hydrogen (secondary N) is 1. The van der Waals surface area contributed by atoms with Crippen LogP contribution in [-0.2, 0) is 14.3 Å². The quantitative estimate of drug-likeness (QED) is 0.574. The number of carbonyl (C=O) groups excluding carboxylic acids is 2. The first-order chi connectivity index (χ1) is 12.7. The van der Waals surface area contributed by atoms with Gasteiger partial charge in [-0.2, -0.15) is 0 Å². The van der Waals surface area contributed by atoms with Gasteiger partial charge in [-0.15, -0.1) is 0 Å². The van der Waals surface area contributed by atoms with Crippen molar-refractivity contribution in [2.75, 3.05) is 56.5 Å². The Morgan fingerprint density at radius 1 is 1.27 bits per heavy atom. The Morgan fingerprint density at radius 2 is 2.00 bits per heavy atom. The number of anilines is 1. The lowest BCUT2D eigenvalue weighted by molar-refractivity contribution is -0.899. The van der Waals surface area contributed by atoms with Gasteiger partial charge in [0.2, 0.25) is 5.91 Å². The maximum absolute atomic E-state index is 12.1. The van der Waals surface area contributed by atoms with Gasteiger partial charge in [0.1, 0.15) is 0 Å². The molecule has 2 fully saturated rings. The topological polar surface area (TPSA) is 54.3 Å². The van der Waals surface area contributed by atoms with Crippen LogP contribution in [0.4, 0.5) is 5.69 Å². The van der Waals surface area contributed by atoms with Crippen LogP contribution in [0.3, 0.4) is 0 Å². The number of esters is 1. The van der Waals surface area contributed by atoms with Crippen LogP contribution in [0.5, 0.6) is 0 Å². The van der Waals surface area contributed by atoms with Gasteiger partial charge in [-0.3, -0.25) is 4.79 Å². The lowest BCUT2D eigenvalue weighted by atomic mass is 10.2. The molecular formula is C19H26N3O3S+. The van der Waals surface area contributed by atoms with Crippen molar-refractivity contribution in [3.05, 3.63) is 41.4 Å². The van der Waals surface area contributed by atoms with Gasteiger partial charge in [-0.05, 0) is 19.1 Å². The molecule has 140 valence electrons. The molecule has 2 saturated heterocycles. The van der Waals surface area contributed by atoms with Gasteiger partial charge in [0.05, 0.1) is 62.7 Å². The van der Waals surface area contributed by atoms with Crippen molar-refractivity contribution >= 4 is 29.3 Å². The third-order valence-corrected chi connectivity index (χ3v) is 5.74. The monoisotopic (exact) mass is 376 g/mol. The number of nitrogens with zero attached hydrogens (tertiary/aromatic N) is 2. The van der Waals surface area contributed by atoms with E-state index < -0.39 is 0 Å². The molecule has 0 aliphatic carbocycles. The van der Waals surface area contributed by atoms with Crippen molar-refractivity contribution in [3.8, 4) is 0 Å². The van der Waals surface area contributed by atoms with Gasteiger partial charge in [-0.1, -0.05) is 30.0 Å². The molecule has 0 bridgehead atoms. The van der Waals surface area contributed by atoms with Gasteiger partial charge in [-0.25, -0.2) is 4.79 Å². The fourth-order valence-corrected chi connectivity index (χ4v) is 4.25. The zero-order valence-corrected chi connectivity index (χ0v) is 16.0. The second kappa shape index (κ2) is 9.09. The fourth-order valence-electron chi connectivity index (χ4n) is 3.29. The summed E-state index contributed by atoms with van der Waals surface area (Å²) < 4.78 is 4.96. The Labute approximate surface area is 158 Å². The number of benzene rings is 1. The van der Waals surface area contributed by atoms with Gasteiger partial charge < -0.3 is 19.4 Å². The number of rotatable bonds is 6. The number of piperazine rings is 1. The van der Waals surface area contributed by atoms with E-state index >= 15 is 0 Å². The molecule has 3 rings (SSSR count). The Kier molecular flexibility index (Phi) is 6.57. The Hall–Kier alpha value is -1.99. The first-order valence-corrected chi connectivity index (χ1v) is 10.1. The van der Waals surface area contributed by atoms with Crippen molar-refractivity contribution in [1.29, 1.82) is 0 Å². The molecule has 1 aromatic rings. The summed E-state index contributed by atoms with van der Waals surface area (Å²) in [7, 11) is 0. The largest absolute Gasteiger partial charge is 0.463 e. The number of quaternary nitrogens is 1. The van der Waals surface area contributed by atoms with E-state index in [1.54, 1.807) is 11.8 Å². The smallest absolute Gasteiger partial charge is 0.333 e. The standard InChI is InChI=1S/C19H25N3O3S/c1-2-25-19(24)14-18-22(17(23)15-26-18)13-10-20-8-11-21(12-9-20)16-6-4-3-5-7-16/h3-7,14H,2,8-13,15H2,1H3/p+1/b18-14-. The van der Waals surface area contributed by atoms with Crippen LogP contribution < -0.4 is 9.80 Å². The highest BCUT2D eigenvalue weighted by atomic mass is 32.2. The average Bonchev–Trinajstić information content (AvgIpc) is 3.01. The molecule has 0 spiro atoms. The molecule has 2 heterocycles. The highest BCUT2D eigenvalue weighted by molar-refractivity contribution is 8.04. The summed E-state index contributed by atoms with van der Waals surface area (Å²) in [5.74, 6) is 0.105. The summed E-state index contributed by atoms with van der Waals surface area (Å²) >= 11 is 1.42. The van der Waals surface area contributed by atoms with E-state index in [-0.39, 0.29) is 11.9 Å². The van der Waals surface area contributed by atoms with Crippen LogP contribution in [0.25, 0.3) is 0 Å². The first-order valence-electron chi connectivity index (χ1n) is 9.12. The van der Waals surface area contributed by atoms with Gasteiger partial charge in [0.25, 0.3) is 0 Å². The molecule has 6 nitrogen and oxygen atoms in total. The van der Waals surface area contributed by atoms with E-state index in [4.69, 9.17) is 4.74 Å². The van der Waals surface area contributed by atoms with Crippen molar-refractivity contribution in [3.63, 3.8) is 0 Å². The summed E-state index contributed by atoms with van der Waals surface area (Å²) in [6, 6.07) is 10.5. The lowest BCUT2D eigenvalue weighted by Gasteiger charge is -2.34. The summed E-state index contributed by atoms with van der Waals surface area (Å²) in [6.45, 7) is 7.83. The molecule has 0 saturated carbocycles. The Morgan fingerprint density at radius 3 is 2.69 bits per heavy atom. The van der Waals surface area contributed by atoms with E-state index in [0.29, 0.717) is 18.9 Å². The van der Waals surface area contributed by atoms with Gasteiger partial charge in [0, 0.05) is 5.69 Å². The van der Waals surface area contributed by atoms with Crippen LogP contribution in [0.1, 0.15) is 6.92 Å². The van der Waals surface area contributed by atoms with E-state index in [0.717, 1.165) is 37.8 Å². The molecule has 0 unspecified atom stereocenters. The van der Waals surface area contributed by atoms with Gasteiger partial charge >= 0.3 is 5.97 Å². The van der Waals surface area contributed by atoms with E-state index in [1.165, 1.54) is 28.4 Å².